The number of nitrogens with zero attached hydrogens (tertiary/aromatic N) is 4. The maximum atomic E-state index is 11.7. The van der Waals surface area contributed by atoms with Gasteiger partial charge in [-0.25, -0.2) is 24.1 Å². The summed E-state index contributed by atoms with van der Waals surface area (Å²) in [4.78, 5) is 30.1. The lowest BCUT2D eigenvalue weighted by Crippen LogP contribution is -2.33. The molecule has 154 valence electrons. The normalized spacial score (nSPS) is 29.6. The number of phosphoric ester groups is 2. The van der Waals surface area contributed by atoms with Gasteiger partial charge in [-0.05, 0) is 0 Å². The van der Waals surface area contributed by atoms with Gasteiger partial charge in [-0.2, -0.15) is 4.31 Å². The lowest BCUT2D eigenvalue weighted by molar-refractivity contribution is -0.0503. The summed E-state index contributed by atoms with van der Waals surface area (Å²) < 4.78 is 41.4. The highest BCUT2D eigenvalue weighted by Crippen LogP contribution is 2.60. The molecule has 3 unspecified atom stereocenters. The highest BCUT2D eigenvalue weighted by Gasteiger charge is 2.46. The van der Waals surface area contributed by atoms with Crippen LogP contribution in [0, 0.1) is 7.11 Å². The molecule has 15 nitrogen and oxygen atoms in total. The second kappa shape index (κ2) is 7.72. The number of aromatic nitrogens is 4. The van der Waals surface area contributed by atoms with Crippen molar-refractivity contribution in [2.75, 3.05) is 12.3 Å². The Morgan fingerprint density at radius 1 is 1.21 bits per heavy atom. The topological polar surface area (TPSA) is 222 Å². The largest absolute Gasteiger partial charge is 0.481 e. The molecule has 1 aliphatic rings. The average molecular weight is 439 g/mol. The number of fused-ring (bicyclic) bond motifs is 1. The fourth-order valence-corrected chi connectivity index (χ4v) is 4.21. The molecule has 0 bridgehead atoms. The van der Waals surface area contributed by atoms with Crippen molar-refractivity contribution in [1.29, 1.82) is 0 Å². The van der Waals surface area contributed by atoms with Gasteiger partial charge in [0.15, 0.2) is 17.7 Å². The van der Waals surface area contributed by atoms with E-state index < -0.39 is 46.8 Å². The van der Waals surface area contributed by atoms with E-state index in [9.17, 15) is 24.2 Å². The first-order valence-electron chi connectivity index (χ1n) is 7.39. The van der Waals surface area contributed by atoms with Gasteiger partial charge in [0, 0.05) is 0 Å². The molecular weight excluding hydrogens is 424 g/mol. The number of imidazole rings is 1. The molecule has 2 aromatic rings. The number of phosphoric acid groups is 2. The molecule has 1 aliphatic heterocycles. The summed E-state index contributed by atoms with van der Waals surface area (Å²) in [6.45, 7) is -0.795. The first kappa shape index (κ1) is 21.2. The van der Waals surface area contributed by atoms with Crippen molar-refractivity contribution in [3.05, 3.63) is 19.8 Å². The van der Waals surface area contributed by atoms with Crippen LogP contribution in [0.3, 0.4) is 0 Å². The van der Waals surface area contributed by atoms with Crippen LogP contribution < -0.4 is 5.73 Å². The van der Waals surface area contributed by atoms with Crippen molar-refractivity contribution in [2.45, 2.75) is 24.5 Å². The van der Waals surface area contributed by atoms with Crippen LogP contribution in [0.25, 0.3) is 11.2 Å². The summed E-state index contributed by atoms with van der Waals surface area (Å²) in [6, 6.07) is 0. The van der Waals surface area contributed by atoms with Crippen LogP contribution in [0.5, 0.6) is 0 Å². The van der Waals surface area contributed by atoms with Crippen molar-refractivity contribution in [3.63, 3.8) is 0 Å². The molecule has 2 radical (unpaired) electrons. The first-order chi connectivity index (χ1) is 13.0. The van der Waals surface area contributed by atoms with Gasteiger partial charge in [0.05, 0.1) is 12.9 Å². The number of nitrogen functional groups attached to an aromatic ring is 1. The molecule has 17 heteroatoms. The number of aliphatic hydroxyl groups is 2. The molecule has 3 heterocycles. The Hall–Kier alpha value is -1.51. The highest BCUT2D eigenvalue weighted by molar-refractivity contribution is 7.61. The van der Waals surface area contributed by atoms with Crippen LogP contribution in [0.1, 0.15) is 6.23 Å². The Bertz CT molecular complexity index is 955. The van der Waals surface area contributed by atoms with Gasteiger partial charge in [0.25, 0.3) is 0 Å². The van der Waals surface area contributed by atoms with Gasteiger partial charge in [0.2, 0.25) is 0 Å². The molecule has 0 saturated carbocycles. The summed E-state index contributed by atoms with van der Waals surface area (Å²) in [6.07, 6.45) is -3.16. The predicted molar refractivity (Wildman–Crippen MR) is 87.7 cm³/mol. The smallest absolute Gasteiger partial charge is 0.387 e. The van der Waals surface area contributed by atoms with Gasteiger partial charge in [-0.15, -0.1) is 0 Å². The summed E-state index contributed by atoms with van der Waals surface area (Å²) in [5.41, 5.74) is 6.13. The number of hydrogen-bond acceptors (Lipinski definition) is 12. The zero-order chi connectivity index (χ0) is 20.7. The van der Waals surface area contributed by atoms with Gasteiger partial charge >= 0.3 is 15.6 Å². The highest BCUT2D eigenvalue weighted by atomic mass is 31.3. The monoisotopic (exact) mass is 439 g/mol. The Morgan fingerprint density at radius 3 is 2.61 bits per heavy atom. The molecule has 3 rings (SSSR count). The SMILES string of the molecule is [CH]OP(=O)(O)OP(=O)(O)OC[C@H]1O[C@@H](n2cnc3c(N)ncnc32)C(O)[C@H]1O. The number of nitrogens with two attached hydrogens (primary N) is 1. The Labute approximate surface area is 156 Å². The molecule has 28 heavy (non-hydrogen) atoms. The molecule has 0 aromatic carbocycles. The van der Waals surface area contributed by atoms with Crippen molar-refractivity contribution in [2.24, 2.45) is 0 Å². The van der Waals surface area contributed by atoms with Crippen molar-refractivity contribution >= 4 is 32.6 Å². The van der Waals surface area contributed by atoms with Crippen LogP contribution >= 0.6 is 15.6 Å². The van der Waals surface area contributed by atoms with Crippen molar-refractivity contribution in [3.8, 4) is 0 Å². The van der Waals surface area contributed by atoms with Gasteiger partial charge in [0.1, 0.15) is 37.3 Å². The number of rotatable bonds is 7. The molecular formula is C11H15N5O10P2. The van der Waals surface area contributed by atoms with Gasteiger partial charge in [-0.3, -0.25) is 13.6 Å². The second-order valence-corrected chi connectivity index (χ2v) is 8.55. The number of anilines is 1. The Balaban J connectivity index is 1.73. The van der Waals surface area contributed by atoms with E-state index in [-0.39, 0.29) is 17.0 Å². The zero-order valence-corrected chi connectivity index (χ0v) is 15.5. The molecule has 6 N–H and O–H groups in total. The third-order valence-corrected chi connectivity index (χ3v) is 6.13. The minimum atomic E-state index is -5.10. The Morgan fingerprint density at radius 2 is 1.93 bits per heavy atom. The fraction of sp³-hybridized carbons (Fsp3) is 0.455. The van der Waals surface area contributed by atoms with Crippen LogP contribution in [-0.2, 0) is 27.2 Å². The quantitative estimate of drug-likeness (QED) is 0.325. The molecule has 6 atom stereocenters. The molecule has 2 aromatic heterocycles. The lowest BCUT2D eigenvalue weighted by atomic mass is 10.1. The summed E-state index contributed by atoms with van der Waals surface area (Å²) in [5.74, 6) is 0.0885. The number of aliphatic hydroxyl groups excluding tert-OH is 2. The molecule has 1 fully saturated rings. The standard InChI is InChI=1S/C11H15N5O10P2/c1-23-27(19,20)26-28(21,22)24-2-5-7(17)8(18)11(25-5)16-4-15-6-9(12)13-3-14-10(6)16/h1,3-5,7-8,11,17-18H,2H2,(H,19,20)(H,21,22)(H2,12,13,14)/t5-,7+,8?,11-/m1/s1. The summed E-state index contributed by atoms with van der Waals surface area (Å²) in [7, 11) is -5.67. The molecule has 0 amide bonds. The lowest BCUT2D eigenvalue weighted by Gasteiger charge is -2.18. The minimum Gasteiger partial charge on any atom is -0.387 e. The van der Waals surface area contributed by atoms with Crippen LogP contribution in [0.4, 0.5) is 5.82 Å². The predicted octanol–water partition coefficient (Wildman–Crippen LogP) is -1.05. The van der Waals surface area contributed by atoms with E-state index in [0.717, 1.165) is 0 Å². The van der Waals surface area contributed by atoms with Crippen LogP contribution in [0.15, 0.2) is 12.7 Å². The van der Waals surface area contributed by atoms with Crippen molar-refractivity contribution in [1.82, 2.24) is 19.5 Å². The summed E-state index contributed by atoms with van der Waals surface area (Å²) >= 11 is 0. The molecule has 1 saturated heterocycles. The molecule has 0 aliphatic carbocycles. The van der Waals surface area contributed by atoms with E-state index in [2.05, 4.69) is 35.4 Å². The fourth-order valence-electron chi connectivity index (χ4n) is 2.49. The van der Waals surface area contributed by atoms with Crippen molar-refractivity contribution < 1.29 is 47.2 Å². The van der Waals surface area contributed by atoms with E-state index in [1.165, 1.54) is 17.2 Å². The van der Waals surface area contributed by atoms with Gasteiger partial charge in [-0.1, -0.05) is 0 Å². The van der Waals surface area contributed by atoms with E-state index in [1.807, 2.05) is 0 Å². The third kappa shape index (κ3) is 4.23. The Kier molecular flexibility index (Phi) is 5.85. The van der Waals surface area contributed by atoms with E-state index in [1.54, 1.807) is 0 Å². The first-order valence-corrected chi connectivity index (χ1v) is 10.4. The number of ether oxygens (including phenoxy) is 1. The zero-order valence-electron chi connectivity index (χ0n) is 13.7. The van der Waals surface area contributed by atoms with E-state index in [4.69, 9.17) is 15.4 Å². The molecule has 0 spiro atoms. The maximum absolute atomic E-state index is 11.7. The van der Waals surface area contributed by atoms with Crippen LogP contribution in [0.2, 0.25) is 0 Å². The minimum absolute atomic E-state index is 0.0885. The average Bonchev–Trinajstić information content (AvgIpc) is 3.16. The van der Waals surface area contributed by atoms with E-state index in [0.29, 0.717) is 0 Å². The summed E-state index contributed by atoms with van der Waals surface area (Å²) in [5, 5.41) is 20.4. The van der Waals surface area contributed by atoms with E-state index >= 15 is 0 Å². The number of hydrogen-bond donors (Lipinski definition) is 5. The second-order valence-electron chi connectivity index (χ2n) is 5.55. The van der Waals surface area contributed by atoms with Crippen LogP contribution in [-0.4, -0.2) is 64.4 Å². The maximum Gasteiger partial charge on any atom is 0.481 e. The third-order valence-electron chi connectivity index (χ3n) is 3.74. The van der Waals surface area contributed by atoms with Gasteiger partial charge < -0.3 is 30.5 Å².